The van der Waals surface area contributed by atoms with Crippen LogP contribution in [-0.4, -0.2) is 17.1 Å². The van der Waals surface area contributed by atoms with E-state index < -0.39 is 0 Å². The van der Waals surface area contributed by atoms with E-state index in [2.05, 4.69) is 11.9 Å². The SMILES string of the molecule is CCC1CCCCC1OC(=O)c1cc(Cl)ccn1. The molecule has 2 atom stereocenters. The highest BCUT2D eigenvalue weighted by Crippen LogP contribution is 2.29. The Kier molecular flexibility index (Phi) is 4.59. The van der Waals surface area contributed by atoms with Gasteiger partial charge in [0.25, 0.3) is 0 Å². The summed E-state index contributed by atoms with van der Waals surface area (Å²) in [6.45, 7) is 2.15. The van der Waals surface area contributed by atoms with E-state index in [9.17, 15) is 4.79 Å². The molecule has 4 heteroatoms. The van der Waals surface area contributed by atoms with Crippen molar-refractivity contribution >= 4 is 17.6 Å². The molecule has 2 unspecified atom stereocenters. The van der Waals surface area contributed by atoms with Crippen LogP contribution in [0.2, 0.25) is 5.02 Å². The molecule has 0 amide bonds. The van der Waals surface area contributed by atoms with Crippen molar-refractivity contribution in [3.63, 3.8) is 0 Å². The third kappa shape index (κ3) is 3.22. The summed E-state index contributed by atoms with van der Waals surface area (Å²) in [6, 6.07) is 3.20. The highest BCUT2D eigenvalue weighted by molar-refractivity contribution is 6.30. The first-order valence-corrected chi connectivity index (χ1v) is 6.91. The first-order chi connectivity index (χ1) is 8.70. The quantitative estimate of drug-likeness (QED) is 0.781. The number of hydrogen-bond acceptors (Lipinski definition) is 3. The fourth-order valence-electron chi connectivity index (χ4n) is 2.51. The van der Waals surface area contributed by atoms with Gasteiger partial charge in [0.1, 0.15) is 11.8 Å². The van der Waals surface area contributed by atoms with Gasteiger partial charge in [-0.05, 0) is 43.7 Å². The minimum atomic E-state index is -0.358. The molecule has 1 fully saturated rings. The van der Waals surface area contributed by atoms with E-state index >= 15 is 0 Å². The fraction of sp³-hybridized carbons (Fsp3) is 0.571. The van der Waals surface area contributed by atoms with Gasteiger partial charge in [-0.3, -0.25) is 0 Å². The lowest BCUT2D eigenvalue weighted by Crippen LogP contribution is -2.30. The molecule has 0 bridgehead atoms. The summed E-state index contributed by atoms with van der Waals surface area (Å²) in [6.07, 6.45) is 7.11. The standard InChI is InChI=1S/C14H18ClNO2/c1-2-10-5-3-4-6-13(10)18-14(17)12-9-11(15)7-8-16-12/h7-10,13H,2-6H2,1H3. The molecule has 0 aromatic carbocycles. The van der Waals surface area contributed by atoms with E-state index in [4.69, 9.17) is 16.3 Å². The van der Waals surface area contributed by atoms with Gasteiger partial charge in [-0.25, -0.2) is 9.78 Å². The molecular weight excluding hydrogens is 250 g/mol. The third-order valence-corrected chi connectivity index (χ3v) is 3.79. The lowest BCUT2D eigenvalue weighted by molar-refractivity contribution is 0.000118. The number of carbonyl (C=O) groups is 1. The van der Waals surface area contributed by atoms with Crippen molar-refractivity contribution in [3.8, 4) is 0 Å². The van der Waals surface area contributed by atoms with E-state index in [1.54, 1.807) is 12.1 Å². The van der Waals surface area contributed by atoms with Gasteiger partial charge in [-0.15, -0.1) is 0 Å². The topological polar surface area (TPSA) is 39.2 Å². The molecule has 1 heterocycles. The molecule has 0 radical (unpaired) electrons. The summed E-state index contributed by atoms with van der Waals surface area (Å²) >= 11 is 5.84. The predicted octanol–water partition coefficient (Wildman–Crippen LogP) is 3.86. The Morgan fingerprint density at radius 2 is 2.28 bits per heavy atom. The Bertz CT molecular complexity index is 422. The number of halogens is 1. The van der Waals surface area contributed by atoms with Crippen molar-refractivity contribution in [2.75, 3.05) is 0 Å². The number of hydrogen-bond donors (Lipinski definition) is 0. The second-order valence-corrected chi connectivity index (χ2v) is 5.19. The zero-order valence-corrected chi connectivity index (χ0v) is 11.3. The predicted molar refractivity (Wildman–Crippen MR) is 70.7 cm³/mol. The van der Waals surface area contributed by atoms with Gasteiger partial charge in [0.15, 0.2) is 0 Å². The van der Waals surface area contributed by atoms with Crippen LogP contribution in [0.25, 0.3) is 0 Å². The molecule has 1 aromatic rings. The van der Waals surface area contributed by atoms with E-state index in [-0.39, 0.29) is 12.1 Å². The highest BCUT2D eigenvalue weighted by Gasteiger charge is 2.27. The normalized spacial score (nSPS) is 23.7. The number of aromatic nitrogens is 1. The average Bonchev–Trinajstić information content (AvgIpc) is 2.39. The minimum absolute atomic E-state index is 0.0389. The first kappa shape index (κ1) is 13.3. The third-order valence-electron chi connectivity index (χ3n) is 3.55. The molecule has 2 rings (SSSR count). The number of nitrogens with zero attached hydrogens (tertiary/aromatic N) is 1. The molecule has 0 N–H and O–H groups in total. The number of carbonyl (C=O) groups excluding carboxylic acids is 1. The van der Waals surface area contributed by atoms with Crippen LogP contribution in [0.15, 0.2) is 18.3 Å². The van der Waals surface area contributed by atoms with Crippen LogP contribution in [0.3, 0.4) is 0 Å². The van der Waals surface area contributed by atoms with Crippen LogP contribution >= 0.6 is 11.6 Å². The van der Waals surface area contributed by atoms with Crippen LogP contribution in [0.1, 0.15) is 49.5 Å². The van der Waals surface area contributed by atoms with Gasteiger partial charge in [-0.2, -0.15) is 0 Å². The lowest BCUT2D eigenvalue weighted by Gasteiger charge is -2.30. The number of ether oxygens (including phenoxy) is 1. The zero-order chi connectivity index (χ0) is 13.0. The molecular formula is C14H18ClNO2. The molecule has 1 aromatic heterocycles. The fourth-order valence-corrected chi connectivity index (χ4v) is 2.67. The summed E-state index contributed by atoms with van der Waals surface area (Å²) in [5, 5.41) is 0.507. The maximum atomic E-state index is 12.0. The molecule has 0 saturated heterocycles. The maximum Gasteiger partial charge on any atom is 0.357 e. The van der Waals surface area contributed by atoms with Gasteiger partial charge in [0.2, 0.25) is 0 Å². The molecule has 98 valence electrons. The van der Waals surface area contributed by atoms with Crippen LogP contribution in [0, 0.1) is 5.92 Å². The second kappa shape index (κ2) is 6.19. The molecule has 0 spiro atoms. The van der Waals surface area contributed by atoms with Crippen LogP contribution in [-0.2, 0) is 4.74 Å². The molecule has 1 aliphatic rings. The van der Waals surface area contributed by atoms with Crippen molar-refractivity contribution in [2.45, 2.75) is 45.1 Å². The van der Waals surface area contributed by atoms with Crippen LogP contribution in [0.5, 0.6) is 0 Å². The summed E-state index contributed by atoms with van der Waals surface area (Å²) < 4.78 is 5.58. The van der Waals surface area contributed by atoms with Gasteiger partial charge in [-0.1, -0.05) is 24.9 Å². The monoisotopic (exact) mass is 267 g/mol. The first-order valence-electron chi connectivity index (χ1n) is 6.53. The highest BCUT2D eigenvalue weighted by atomic mass is 35.5. The molecule has 1 saturated carbocycles. The van der Waals surface area contributed by atoms with E-state index in [1.807, 2.05) is 0 Å². The Balaban J connectivity index is 2.02. The number of rotatable bonds is 3. The summed E-state index contributed by atoms with van der Waals surface area (Å²) in [5.74, 6) is 0.129. The van der Waals surface area contributed by atoms with Gasteiger partial charge < -0.3 is 4.74 Å². The number of esters is 1. The summed E-state index contributed by atoms with van der Waals surface area (Å²) in [4.78, 5) is 16.0. The molecule has 3 nitrogen and oxygen atoms in total. The van der Waals surface area contributed by atoms with E-state index in [0.29, 0.717) is 16.6 Å². The lowest BCUT2D eigenvalue weighted by atomic mass is 9.85. The number of pyridine rings is 1. The Hall–Kier alpha value is -1.09. The van der Waals surface area contributed by atoms with Crippen molar-refractivity contribution in [1.29, 1.82) is 0 Å². The van der Waals surface area contributed by atoms with E-state index in [0.717, 1.165) is 25.7 Å². The van der Waals surface area contributed by atoms with Crippen LogP contribution in [0.4, 0.5) is 0 Å². The van der Waals surface area contributed by atoms with Gasteiger partial charge in [0, 0.05) is 11.2 Å². The summed E-state index contributed by atoms with van der Waals surface area (Å²) in [5.41, 5.74) is 0.294. The zero-order valence-electron chi connectivity index (χ0n) is 10.6. The van der Waals surface area contributed by atoms with Gasteiger partial charge in [0.05, 0.1) is 0 Å². The van der Waals surface area contributed by atoms with Crippen molar-refractivity contribution < 1.29 is 9.53 Å². The van der Waals surface area contributed by atoms with Crippen molar-refractivity contribution in [2.24, 2.45) is 5.92 Å². The maximum absolute atomic E-state index is 12.0. The minimum Gasteiger partial charge on any atom is -0.457 e. The molecule has 18 heavy (non-hydrogen) atoms. The molecule has 1 aliphatic carbocycles. The average molecular weight is 268 g/mol. The summed E-state index contributed by atoms with van der Waals surface area (Å²) in [7, 11) is 0. The van der Waals surface area contributed by atoms with Gasteiger partial charge >= 0.3 is 5.97 Å². The largest absolute Gasteiger partial charge is 0.457 e. The van der Waals surface area contributed by atoms with Crippen molar-refractivity contribution in [1.82, 2.24) is 4.98 Å². The Morgan fingerprint density at radius 3 is 3.00 bits per heavy atom. The molecule has 0 aliphatic heterocycles. The Labute approximate surface area is 113 Å². The smallest absolute Gasteiger partial charge is 0.357 e. The van der Waals surface area contributed by atoms with Crippen LogP contribution < -0.4 is 0 Å². The Morgan fingerprint density at radius 1 is 1.50 bits per heavy atom. The van der Waals surface area contributed by atoms with E-state index in [1.165, 1.54) is 12.6 Å². The van der Waals surface area contributed by atoms with Crippen molar-refractivity contribution in [3.05, 3.63) is 29.0 Å². The second-order valence-electron chi connectivity index (χ2n) is 4.76.